The second kappa shape index (κ2) is 14.9. The fourth-order valence-corrected chi connectivity index (χ4v) is 6.71. The zero-order valence-corrected chi connectivity index (χ0v) is 29.8. The normalized spacial score (nSPS) is 21.0. The molecule has 2 saturated heterocycles. The van der Waals surface area contributed by atoms with Crippen LogP contribution in [0.15, 0.2) is 78.9 Å². The molecular weight excluding hydrogens is 644 g/mol. The summed E-state index contributed by atoms with van der Waals surface area (Å²) in [5.74, 6) is -0.354. The number of epoxide rings is 1. The first-order chi connectivity index (χ1) is 23.1. The molecule has 0 aliphatic carbocycles. The van der Waals surface area contributed by atoms with Crippen molar-refractivity contribution in [3.8, 4) is 0 Å². The second-order valence-electron chi connectivity index (χ2n) is 14.0. The highest BCUT2D eigenvalue weighted by molar-refractivity contribution is 7.92. The summed E-state index contributed by atoms with van der Waals surface area (Å²) in [4.78, 5) is 28.2. The van der Waals surface area contributed by atoms with Gasteiger partial charge in [0.15, 0.2) is 0 Å². The predicted molar refractivity (Wildman–Crippen MR) is 189 cm³/mol. The smallest absolute Gasteiger partial charge is 0.410 e. The lowest BCUT2D eigenvalue weighted by atomic mass is 9.94. The lowest BCUT2D eigenvalue weighted by molar-refractivity contribution is -0.00299. The molecular formula is C37H48N4O7S. The topological polar surface area (TPSA) is 141 Å². The molecule has 2 aliphatic heterocycles. The Balaban J connectivity index is 1.38. The number of sulfonamides is 1. The van der Waals surface area contributed by atoms with Gasteiger partial charge < -0.3 is 24.8 Å². The highest BCUT2D eigenvalue weighted by Gasteiger charge is 2.46. The Morgan fingerprint density at radius 1 is 1.06 bits per heavy atom. The van der Waals surface area contributed by atoms with Crippen LogP contribution in [-0.2, 0) is 25.9 Å². The third-order valence-electron chi connectivity index (χ3n) is 8.94. The van der Waals surface area contributed by atoms with E-state index >= 15 is 0 Å². The number of anilines is 1. The Morgan fingerprint density at radius 2 is 1.71 bits per heavy atom. The number of carbonyl (C=O) groups is 2. The van der Waals surface area contributed by atoms with Crippen molar-refractivity contribution in [2.45, 2.75) is 89.1 Å². The molecule has 264 valence electrons. The van der Waals surface area contributed by atoms with Crippen LogP contribution in [0.25, 0.3) is 0 Å². The number of hydrogen-bond donors (Lipinski definition) is 3. The van der Waals surface area contributed by atoms with Crippen molar-refractivity contribution in [3.63, 3.8) is 0 Å². The average Bonchev–Trinajstić information content (AvgIpc) is 3.64. The molecule has 3 N–H and O–H groups in total. The van der Waals surface area contributed by atoms with Gasteiger partial charge in [-0.25, -0.2) is 13.2 Å². The van der Waals surface area contributed by atoms with Gasteiger partial charge in [0.05, 0.1) is 30.1 Å². The van der Waals surface area contributed by atoms with Crippen LogP contribution in [0, 0.1) is 0 Å². The summed E-state index contributed by atoms with van der Waals surface area (Å²) in [6, 6.07) is 23.1. The first kappa shape index (κ1) is 36.3. The standard InChI is InChI=1S/C37H48N4O7S/c1-24(26-16-11-8-12-17-26)38-34(43)28-21-27(22-29(23-28)40(5)49(6,45)46)33-35(47-33)39-30(20-25-14-9-7-10-15-25)32(42)31-18-13-19-41(31)36(44)48-37(2,3)4/h7-12,14-17,21-24,30-33,35,39,42H,13,18-20H2,1-6H3,(H,38,43)/t24-,30+,31-,32+,33?,35?/m1/s1. The fourth-order valence-electron chi connectivity index (χ4n) is 6.22. The summed E-state index contributed by atoms with van der Waals surface area (Å²) in [5.41, 5.74) is 2.51. The number of benzene rings is 3. The molecule has 3 aromatic rings. The molecule has 0 saturated carbocycles. The first-order valence-corrected chi connectivity index (χ1v) is 18.5. The molecule has 0 spiro atoms. The Labute approximate surface area is 289 Å². The van der Waals surface area contributed by atoms with Gasteiger partial charge in [0.2, 0.25) is 10.0 Å². The molecule has 3 aromatic carbocycles. The van der Waals surface area contributed by atoms with Gasteiger partial charge in [-0.2, -0.15) is 0 Å². The largest absolute Gasteiger partial charge is 0.444 e. The van der Waals surface area contributed by atoms with Crippen LogP contribution >= 0.6 is 0 Å². The number of aliphatic hydroxyl groups excluding tert-OH is 1. The van der Waals surface area contributed by atoms with Gasteiger partial charge >= 0.3 is 6.09 Å². The molecule has 0 bridgehead atoms. The Kier molecular flexibility index (Phi) is 11.0. The summed E-state index contributed by atoms with van der Waals surface area (Å²) in [7, 11) is -2.19. The van der Waals surface area contributed by atoms with E-state index in [2.05, 4.69) is 10.6 Å². The van der Waals surface area contributed by atoms with Gasteiger partial charge in [-0.1, -0.05) is 60.7 Å². The minimum atomic E-state index is -3.63. The van der Waals surface area contributed by atoms with E-state index < -0.39 is 52.2 Å². The van der Waals surface area contributed by atoms with E-state index in [1.165, 1.54) is 7.05 Å². The average molecular weight is 693 g/mol. The summed E-state index contributed by atoms with van der Waals surface area (Å²) in [6.45, 7) is 7.83. The molecule has 2 heterocycles. The molecule has 2 unspecified atom stereocenters. The number of ether oxygens (including phenoxy) is 2. The number of nitrogens with zero attached hydrogens (tertiary/aromatic N) is 2. The lowest BCUT2D eigenvalue weighted by Gasteiger charge is -2.34. The molecule has 49 heavy (non-hydrogen) atoms. The van der Waals surface area contributed by atoms with Crippen LogP contribution in [0.1, 0.15) is 79.7 Å². The number of hydrogen-bond acceptors (Lipinski definition) is 8. The molecule has 2 fully saturated rings. The monoisotopic (exact) mass is 692 g/mol. The Hall–Kier alpha value is -3.97. The minimum Gasteiger partial charge on any atom is -0.444 e. The van der Waals surface area contributed by atoms with Gasteiger partial charge in [0, 0.05) is 25.2 Å². The van der Waals surface area contributed by atoms with E-state index in [0.717, 1.165) is 28.1 Å². The van der Waals surface area contributed by atoms with Crippen LogP contribution in [0.5, 0.6) is 0 Å². The Morgan fingerprint density at radius 3 is 2.35 bits per heavy atom. The number of nitrogens with one attached hydrogen (secondary N) is 2. The van der Waals surface area contributed by atoms with E-state index in [-0.39, 0.29) is 11.9 Å². The molecule has 0 aromatic heterocycles. The van der Waals surface area contributed by atoms with E-state index in [0.29, 0.717) is 36.2 Å². The molecule has 2 amide bonds. The van der Waals surface area contributed by atoms with Gasteiger partial charge in [-0.05, 0) is 81.8 Å². The molecule has 0 radical (unpaired) electrons. The number of carbonyl (C=O) groups excluding carboxylic acids is 2. The maximum Gasteiger partial charge on any atom is 0.410 e. The van der Waals surface area contributed by atoms with Crippen LogP contribution in [0.4, 0.5) is 10.5 Å². The van der Waals surface area contributed by atoms with Gasteiger partial charge in [0.1, 0.15) is 17.9 Å². The van der Waals surface area contributed by atoms with Crippen molar-refractivity contribution < 1.29 is 32.6 Å². The van der Waals surface area contributed by atoms with Crippen molar-refractivity contribution in [2.75, 3.05) is 24.2 Å². The number of likely N-dealkylation sites (tertiary alicyclic amines) is 1. The molecule has 11 nitrogen and oxygen atoms in total. The highest BCUT2D eigenvalue weighted by Crippen LogP contribution is 2.40. The first-order valence-electron chi connectivity index (χ1n) is 16.7. The van der Waals surface area contributed by atoms with Crippen molar-refractivity contribution in [1.29, 1.82) is 0 Å². The van der Waals surface area contributed by atoms with Gasteiger partial charge in [-0.3, -0.25) is 14.4 Å². The summed E-state index contributed by atoms with van der Waals surface area (Å²) in [5, 5.41) is 18.3. The quantitative estimate of drug-likeness (QED) is 0.227. The zero-order chi connectivity index (χ0) is 35.5. The predicted octanol–water partition coefficient (Wildman–Crippen LogP) is 4.93. The van der Waals surface area contributed by atoms with E-state index in [9.17, 15) is 23.1 Å². The number of aliphatic hydroxyl groups is 1. The fraction of sp³-hybridized carbons (Fsp3) is 0.459. The van der Waals surface area contributed by atoms with E-state index in [4.69, 9.17) is 9.47 Å². The van der Waals surface area contributed by atoms with Crippen LogP contribution in [0.2, 0.25) is 0 Å². The third kappa shape index (κ3) is 9.39. The van der Waals surface area contributed by atoms with E-state index in [1.807, 2.05) is 88.4 Å². The maximum absolute atomic E-state index is 13.5. The van der Waals surface area contributed by atoms with Gasteiger partial charge in [0.25, 0.3) is 5.91 Å². The summed E-state index contributed by atoms with van der Waals surface area (Å²) in [6.07, 6.45) is 0.511. The van der Waals surface area contributed by atoms with Crippen molar-refractivity contribution in [2.24, 2.45) is 0 Å². The van der Waals surface area contributed by atoms with Crippen LogP contribution in [0.3, 0.4) is 0 Å². The van der Waals surface area contributed by atoms with Crippen molar-refractivity contribution in [1.82, 2.24) is 15.5 Å². The second-order valence-corrected chi connectivity index (χ2v) is 16.0. The van der Waals surface area contributed by atoms with Gasteiger partial charge in [-0.15, -0.1) is 0 Å². The zero-order valence-electron chi connectivity index (χ0n) is 29.0. The molecule has 6 atom stereocenters. The lowest BCUT2D eigenvalue weighted by Crippen LogP contribution is -2.54. The Bertz CT molecular complexity index is 1720. The molecule has 2 aliphatic rings. The van der Waals surface area contributed by atoms with Crippen LogP contribution < -0.4 is 14.9 Å². The maximum atomic E-state index is 13.5. The highest BCUT2D eigenvalue weighted by atomic mass is 32.2. The minimum absolute atomic E-state index is 0.281. The van der Waals surface area contributed by atoms with Crippen molar-refractivity contribution >= 4 is 27.7 Å². The van der Waals surface area contributed by atoms with E-state index in [1.54, 1.807) is 23.1 Å². The molecule has 5 rings (SSSR count). The SMILES string of the molecule is C[C@@H](NC(=O)c1cc(C2OC2N[C@@H](Cc2ccccc2)[C@H](O)[C@H]2CCCN2C(=O)OC(C)(C)C)cc(N(C)S(C)(=O)=O)c1)c1ccccc1. The van der Waals surface area contributed by atoms with Crippen molar-refractivity contribution in [3.05, 3.63) is 101 Å². The van der Waals surface area contributed by atoms with Crippen LogP contribution in [-0.4, -0.2) is 80.3 Å². The number of rotatable bonds is 12. The summed E-state index contributed by atoms with van der Waals surface area (Å²) >= 11 is 0. The third-order valence-corrected chi connectivity index (χ3v) is 10.1. The number of amides is 2. The molecule has 12 heteroatoms. The summed E-state index contributed by atoms with van der Waals surface area (Å²) < 4.78 is 37.9.